The first-order valence-electron chi connectivity index (χ1n) is 13.4. The van der Waals surface area contributed by atoms with Gasteiger partial charge in [0.1, 0.15) is 6.04 Å². The molecule has 0 aliphatic carbocycles. The van der Waals surface area contributed by atoms with Crippen molar-refractivity contribution in [1.29, 1.82) is 0 Å². The molecule has 1 unspecified atom stereocenters. The summed E-state index contributed by atoms with van der Waals surface area (Å²) in [5, 5.41) is 17.8. The number of carbonyl (C=O) groups excluding carboxylic acids is 2. The van der Waals surface area contributed by atoms with Crippen molar-refractivity contribution >= 4 is 29.4 Å². The maximum Gasteiger partial charge on any atom is 0.326 e. The molecule has 39 heavy (non-hydrogen) atoms. The Bertz CT molecular complexity index is 1210. The van der Waals surface area contributed by atoms with Gasteiger partial charge in [-0.25, -0.2) is 14.4 Å². The number of nitrogens with one attached hydrogen (secondary N) is 3. The Hall–Kier alpha value is -4.33. The van der Waals surface area contributed by atoms with Gasteiger partial charge in [-0.15, -0.1) is 0 Å². The first kappa shape index (κ1) is 29.2. The van der Waals surface area contributed by atoms with E-state index in [9.17, 15) is 19.5 Å². The molecule has 0 aliphatic rings. The van der Waals surface area contributed by atoms with Crippen LogP contribution < -0.4 is 20.9 Å². The van der Waals surface area contributed by atoms with Crippen LogP contribution in [0.25, 0.3) is 11.1 Å². The predicted molar refractivity (Wildman–Crippen MR) is 156 cm³/mol. The zero-order chi connectivity index (χ0) is 28.0. The van der Waals surface area contributed by atoms with Crippen molar-refractivity contribution in [2.24, 2.45) is 0 Å². The summed E-state index contributed by atoms with van der Waals surface area (Å²) in [6.07, 6.45) is 5.85. The number of carboxylic acid groups (broad SMARTS) is 1. The van der Waals surface area contributed by atoms with Gasteiger partial charge in [-0.05, 0) is 47.4 Å². The number of hydrogen-bond donors (Lipinski definition) is 4. The van der Waals surface area contributed by atoms with Crippen molar-refractivity contribution in [3.63, 3.8) is 0 Å². The minimum atomic E-state index is -1.11. The van der Waals surface area contributed by atoms with Crippen LogP contribution >= 0.6 is 0 Å². The summed E-state index contributed by atoms with van der Waals surface area (Å²) < 4.78 is 0. The fraction of sp³-hybridized carbons (Fsp3) is 0.323. The molecule has 0 bridgehead atoms. The number of amides is 4. The van der Waals surface area contributed by atoms with Gasteiger partial charge in [-0.1, -0.05) is 87.2 Å². The van der Waals surface area contributed by atoms with Crippen molar-refractivity contribution in [2.75, 3.05) is 23.8 Å². The molecule has 206 valence electrons. The number of anilines is 2. The maximum absolute atomic E-state index is 12.6. The van der Waals surface area contributed by atoms with Crippen LogP contribution in [-0.4, -0.2) is 42.8 Å². The second-order valence-corrected chi connectivity index (χ2v) is 9.51. The molecular weight excluding hydrogens is 492 g/mol. The number of carbonyl (C=O) groups is 3. The van der Waals surface area contributed by atoms with E-state index in [1.165, 1.54) is 19.3 Å². The summed E-state index contributed by atoms with van der Waals surface area (Å²) in [4.78, 5) is 38.3. The molecule has 1 atom stereocenters. The predicted octanol–water partition coefficient (Wildman–Crippen LogP) is 6.29. The third-order valence-electron chi connectivity index (χ3n) is 6.46. The van der Waals surface area contributed by atoms with Gasteiger partial charge in [-0.3, -0.25) is 4.90 Å². The molecule has 3 aromatic rings. The quantitative estimate of drug-likeness (QED) is 0.195. The highest BCUT2D eigenvalue weighted by molar-refractivity contribution is 5.93. The number of rotatable bonds is 13. The van der Waals surface area contributed by atoms with Gasteiger partial charge in [0.15, 0.2) is 0 Å². The van der Waals surface area contributed by atoms with E-state index in [2.05, 4.69) is 22.9 Å². The van der Waals surface area contributed by atoms with Crippen molar-refractivity contribution in [3.05, 3.63) is 84.4 Å². The summed E-state index contributed by atoms with van der Waals surface area (Å²) in [5.74, 6) is -1.11. The van der Waals surface area contributed by atoms with Gasteiger partial charge < -0.3 is 21.1 Å². The number of carboxylic acids is 1. The molecule has 0 aromatic heterocycles. The smallest absolute Gasteiger partial charge is 0.326 e. The lowest BCUT2D eigenvalue weighted by Crippen LogP contribution is -2.44. The van der Waals surface area contributed by atoms with Crippen LogP contribution in [0.15, 0.2) is 78.9 Å². The molecular formula is C31H38N4O4. The Morgan fingerprint density at radius 3 is 2.26 bits per heavy atom. The van der Waals surface area contributed by atoms with E-state index in [0.29, 0.717) is 12.2 Å². The Morgan fingerprint density at radius 2 is 1.56 bits per heavy atom. The topological polar surface area (TPSA) is 111 Å². The first-order chi connectivity index (χ1) is 18.9. The summed E-state index contributed by atoms with van der Waals surface area (Å²) in [6.45, 7) is 2.84. The molecule has 8 nitrogen and oxygen atoms in total. The average molecular weight is 531 g/mol. The van der Waals surface area contributed by atoms with Crippen LogP contribution in [0, 0.1) is 0 Å². The summed E-state index contributed by atoms with van der Waals surface area (Å²) in [7, 11) is 1.75. The Kier molecular flexibility index (Phi) is 11.4. The van der Waals surface area contributed by atoms with E-state index < -0.39 is 18.0 Å². The van der Waals surface area contributed by atoms with Gasteiger partial charge in [0, 0.05) is 31.4 Å². The molecule has 4 N–H and O–H groups in total. The SMILES string of the molecule is CCCCCCCNC(=O)N(C)c1cccc(-c2ccc(CC(NC(=O)Nc3ccccc3)C(=O)O)cc2)c1. The van der Waals surface area contributed by atoms with Crippen LogP contribution in [0.1, 0.15) is 44.6 Å². The van der Waals surface area contributed by atoms with E-state index in [0.717, 1.165) is 35.2 Å². The molecule has 0 saturated heterocycles. The molecule has 0 aliphatic heterocycles. The van der Waals surface area contributed by atoms with Gasteiger partial charge in [0.25, 0.3) is 0 Å². The summed E-state index contributed by atoms with van der Waals surface area (Å²) in [5.41, 5.74) is 4.01. The number of aliphatic carboxylic acids is 1. The van der Waals surface area contributed by atoms with E-state index in [1.54, 1.807) is 36.2 Å². The zero-order valence-electron chi connectivity index (χ0n) is 22.7. The Labute approximate surface area is 230 Å². The number of urea groups is 2. The Morgan fingerprint density at radius 1 is 0.846 bits per heavy atom. The second kappa shape index (κ2) is 15.2. The van der Waals surface area contributed by atoms with Crippen molar-refractivity contribution < 1.29 is 19.5 Å². The van der Waals surface area contributed by atoms with Crippen LogP contribution in [0.4, 0.5) is 21.0 Å². The molecule has 4 amide bonds. The van der Waals surface area contributed by atoms with Gasteiger partial charge in [-0.2, -0.15) is 0 Å². The number of unbranched alkanes of at least 4 members (excludes halogenated alkanes) is 4. The fourth-order valence-electron chi connectivity index (χ4n) is 4.17. The van der Waals surface area contributed by atoms with Crippen molar-refractivity contribution in [3.8, 4) is 11.1 Å². The number of nitrogens with zero attached hydrogens (tertiary/aromatic N) is 1. The molecule has 0 radical (unpaired) electrons. The van der Waals surface area contributed by atoms with Crippen LogP contribution in [0.5, 0.6) is 0 Å². The van der Waals surface area contributed by atoms with Crippen LogP contribution in [-0.2, 0) is 11.2 Å². The number of hydrogen-bond acceptors (Lipinski definition) is 3. The van der Waals surface area contributed by atoms with Gasteiger partial charge >= 0.3 is 18.0 Å². The van der Waals surface area contributed by atoms with Gasteiger partial charge in [0.05, 0.1) is 0 Å². The van der Waals surface area contributed by atoms with E-state index in [1.807, 2.05) is 54.6 Å². The minimum absolute atomic E-state index is 0.137. The minimum Gasteiger partial charge on any atom is -0.480 e. The third-order valence-corrected chi connectivity index (χ3v) is 6.46. The first-order valence-corrected chi connectivity index (χ1v) is 13.4. The molecule has 8 heteroatoms. The molecule has 0 fully saturated rings. The second-order valence-electron chi connectivity index (χ2n) is 9.51. The zero-order valence-corrected chi connectivity index (χ0v) is 22.7. The Balaban J connectivity index is 1.57. The summed E-state index contributed by atoms with van der Waals surface area (Å²) in [6, 6.07) is 22.3. The molecule has 0 saturated carbocycles. The monoisotopic (exact) mass is 530 g/mol. The molecule has 0 spiro atoms. The number of para-hydroxylation sites is 1. The van der Waals surface area contributed by atoms with E-state index >= 15 is 0 Å². The lowest BCUT2D eigenvalue weighted by molar-refractivity contribution is -0.139. The molecule has 3 rings (SSSR count). The molecule has 3 aromatic carbocycles. The van der Waals surface area contributed by atoms with Crippen molar-refractivity contribution in [2.45, 2.75) is 51.5 Å². The van der Waals surface area contributed by atoms with E-state index in [4.69, 9.17) is 0 Å². The largest absolute Gasteiger partial charge is 0.480 e. The van der Waals surface area contributed by atoms with Crippen LogP contribution in [0.3, 0.4) is 0 Å². The third kappa shape index (κ3) is 9.48. The van der Waals surface area contributed by atoms with Crippen molar-refractivity contribution in [1.82, 2.24) is 10.6 Å². The number of benzene rings is 3. The average Bonchev–Trinajstić information content (AvgIpc) is 2.95. The highest BCUT2D eigenvalue weighted by Gasteiger charge is 2.20. The lowest BCUT2D eigenvalue weighted by atomic mass is 10.00. The summed E-state index contributed by atoms with van der Waals surface area (Å²) >= 11 is 0. The van der Waals surface area contributed by atoms with Crippen LogP contribution in [0.2, 0.25) is 0 Å². The highest BCUT2D eigenvalue weighted by Crippen LogP contribution is 2.25. The van der Waals surface area contributed by atoms with Gasteiger partial charge in [0.2, 0.25) is 0 Å². The maximum atomic E-state index is 12.6. The normalized spacial score (nSPS) is 11.3. The highest BCUT2D eigenvalue weighted by atomic mass is 16.4. The van der Waals surface area contributed by atoms with E-state index in [-0.39, 0.29) is 12.5 Å². The lowest BCUT2D eigenvalue weighted by Gasteiger charge is -2.19. The standard InChI is InChI=1S/C31H38N4O4/c1-3-4-5-6-10-20-32-31(39)35(2)27-15-11-12-25(22-27)24-18-16-23(17-19-24)21-28(29(36)37)34-30(38)33-26-13-8-7-9-14-26/h7-9,11-19,22,28H,3-6,10,20-21H2,1-2H3,(H,32,39)(H,36,37)(H2,33,34,38). The molecule has 0 heterocycles. The fourth-order valence-corrected chi connectivity index (χ4v) is 4.17.